The number of ether oxygens (including phenoxy) is 1. The Balaban J connectivity index is 1.68. The summed E-state index contributed by atoms with van der Waals surface area (Å²) in [7, 11) is 0. The molecule has 0 unspecified atom stereocenters. The zero-order valence-electron chi connectivity index (χ0n) is 15.8. The van der Waals surface area contributed by atoms with E-state index in [1.165, 1.54) is 12.1 Å². The van der Waals surface area contributed by atoms with Gasteiger partial charge in [-0.2, -0.15) is 0 Å². The molecule has 2 aromatic rings. The lowest BCUT2D eigenvalue weighted by Gasteiger charge is -2.33. The Morgan fingerprint density at radius 1 is 1.11 bits per heavy atom. The summed E-state index contributed by atoms with van der Waals surface area (Å²) in [4.78, 5) is 36.4. The molecule has 9 heteroatoms. The summed E-state index contributed by atoms with van der Waals surface area (Å²) in [5, 5.41) is 3.05. The van der Waals surface area contributed by atoms with Gasteiger partial charge in [-0.15, -0.1) is 0 Å². The molecule has 148 valence electrons. The molecule has 0 spiro atoms. The Kier molecular flexibility index (Phi) is 6.03. The molecule has 1 aromatic heterocycles. The second-order valence-corrected chi connectivity index (χ2v) is 6.30. The maximum atomic E-state index is 13.0. The highest BCUT2D eigenvalue weighted by molar-refractivity contribution is 5.93. The zero-order chi connectivity index (χ0) is 20.1. The number of amides is 2. The van der Waals surface area contributed by atoms with Crippen molar-refractivity contribution in [2.45, 2.75) is 13.8 Å². The Hall–Kier alpha value is -3.23. The molecule has 1 aliphatic heterocycles. The van der Waals surface area contributed by atoms with Crippen LogP contribution in [-0.4, -0.2) is 64.6 Å². The van der Waals surface area contributed by atoms with E-state index < -0.39 is 0 Å². The van der Waals surface area contributed by atoms with Crippen LogP contribution < -0.4 is 5.32 Å². The van der Waals surface area contributed by atoms with Gasteiger partial charge in [-0.1, -0.05) is 0 Å². The summed E-state index contributed by atoms with van der Waals surface area (Å²) in [6.45, 7) is 5.41. The van der Waals surface area contributed by atoms with E-state index in [4.69, 9.17) is 4.74 Å². The fourth-order valence-corrected chi connectivity index (χ4v) is 2.89. The second kappa shape index (κ2) is 8.64. The minimum Gasteiger partial charge on any atom is -0.450 e. The number of nitrogens with one attached hydrogen (secondary N) is 1. The molecule has 0 bridgehead atoms. The number of hydrogen-bond acceptors (Lipinski definition) is 6. The van der Waals surface area contributed by atoms with Crippen molar-refractivity contribution in [2.75, 3.05) is 38.1 Å². The van der Waals surface area contributed by atoms with E-state index in [0.717, 1.165) is 0 Å². The number of benzene rings is 1. The number of piperazine rings is 1. The van der Waals surface area contributed by atoms with Crippen LogP contribution in [-0.2, 0) is 4.74 Å². The monoisotopic (exact) mass is 387 g/mol. The molecule has 28 heavy (non-hydrogen) atoms. The number of rotatable bonds is 4. The summed E-state index contributed by atoms with van der Waals surface area (Å²) < 4.78 is 18.0. The lowest BCUT2D eigenvalue weighted by molar-refractivity contribution is 0.0565. The fraction of sp³-hybridized carbons (Fsp3) is 0.368. The molecule has 1 aromatic carbocycles. The number of aryl methyl sites for hydroxylation is 1. The van der Waals surface area contributed by atoms with E-state index in [1.54, 1.807) is 41.8 Å². The lowest BCUT2D eigenvalue weighted by atomic mass is 10.2. The third-order valence-electron chi connectivity index (χ3n) is 4.27. The third kappa shape index (κ3) is 4.73. The van der Waals surface area contributed by atoms with E-state index in [2.05, 4.69) is 15.3 Å². The van der Waals surface area contributed by atoms with Gasteiger partial charge < -0.3 is 19.9 Å². The van der Waals surface area contributed by atoms with E-state index >= 15 is 0 Å². The molecule has 2 heterocycles. The van der Waals surface area contributed by atoms with Crippen LogP contribution in [0.4, 0.5) is 20.7 Å². The van der Waals surface area contributed by atoms with Gasteiger partial charge in [0, 0.05) is 37.9 Å². The van der Waals surface area contributed by atoms with Crippen molar-refractivity contribution in [1.82, 2.24) is 19.8 Å². The van der Waals surface area contributed by atoms with Crippen LogP contribution in [0.5, 0.6) is 0 Å². The van der Waals surface area contributed by atoms with Crippen LogP contribution in [0, 0.1) is 12.7 Å². The van der Waals surface area contributed by atoms with E-state index in [9.17, 15) is 14.0 Å². The summed E-state index contributed by atoms with van der Waals surface area (Å²) in [5.74, 6) is 0.339. The molecule has 8 nitrogen and oxygen atoms in total. The molecule has 1 fully saturated rings. The van der Waals surface area contributed by atoms with Gasteiger partial charge in [-0.25, -0.2) is 19.2 Å². The summed E-state index contributed by atoms with van der Waals surface area (Å²) >= 11 is 0. The molecule has 0 radical (unpaired) electrons. The average molecular weight is 387 g/mol. The molecular formula is C19H22FN5O3. The highest BCUT2D eigenvalue weighted by atomic mass is 19.1. The number of nitrogens with zero attached hydrogens (tertiary/aromatic N) is 4. The van der Waals surface area contributed by atoms with Crippen LogP contribution >= 0.6 is 0 Å². The van der Waals surface area contributed by atoms with Gasteiger partial charge in [0.2, 0.25) is 0 Å². The van der Waals surface area contributed by atoms with Crippen LogP contribution in [0.2, 0.25) is 0 Å². The number of aromatic nitrogens is 2. The van der Waals surface area contributed by atoms with Crippen molar-refractivity contribution in [3.63, 3.8) is 0 Å². The van der Waals surface area contributed by atoms with Crippen molar-refractivity contribution in [3.8, 4) is 0 Å². The molecule has 1 saturated heterocycles. The lowest BCUT2D eigenvalue weighted by Crippen LogP contribution is -2.50. The first kappa shape index (κ1) is 19.5. The van der Waals surface area contributed by atoms with Gasteiger partial charge in [0.05, 0.1) is 6.61 Å². The molecule has 0 aliphatic carbocycles. The molecule has 2 amide bonds. The Morgan fingerprint density at radius 2 is 1.75 bits per heavy atom. The third-order valence-corrected chi connectivity index (χ3v) is 4.27. The standard InChI is InChI=1S/C19H22FN5O3/c1-3-28-19(27)25-10-8-24(9-11-25)18(26)16-12-17(22-13(2)21-16)23-15-6-4-14(20)5-7-15/h4-7,12H,3,8-11H2,1-2H3,(H,21,22,23). The summed E-state index contributed by atoms with van der Waals surface area (Å²) in [5.41, 5.74) is 0.919. The van der Waals surface area contributed by atoms with E-state index in [1.807, 2.05) is 0 Å². The molecule has 3 rings (SSSR count). The van der Waals surface area contributed by atoms with Crippen LogP contribution in [0.15, 0.2) is 30.3 Å². The van der Waals surface area contributed by atoms with Gasteiger partial charge >= 0.3 is 6.09 Å². The first-order valence-electron chi connectivity index (χ1n) is 9.05. The molecule has 0 atom stereocenters. The highest BCUT2D eigenvalue weighted by Gasteiger charge is 2.26. The summed E-state index contributed by atoms with van der Waals surface area (Å²) in [6.07, 6.45) is -0.363. The molecular weight excluding hydrogens is 365 g/mol. The number of hydrogen-bond donors (Lipinski definition) is 1. The number of carbonyl (C=O) groups excluding carboxylic acids is 2. The Labute approximate surface area is 162 Å². The highest BCUT2D eigenvalue weighted by Crippen LogP contribution is 2.17. The minimum absolute atomic E-state index is 0.226. The van der Waals surface area contributed by atoms with Crippen molar-refractivity contribution in [2.24, 2.45) is 0 Å². The predicted octanol–water partition coefficient (Wildman–Crippen LogP) is 2.58. The first-order chi connectivity index (χ1) is 13.5. The van der Waals surface area contributed by atoms with Crippen molar-refractivity contribution in [3.05, 3.63) is 47.7 Å². The molecule has 1 aliphatic rings. The van der Waals surface area contributed by atoms with Gasteiger partial charge in [-0.05, 0) is 38.1 Å². The topological polar surface area (TPSA) is 87.7 Å². The number of halogens is 1. The smallest absolute Gasteiger partial charge is 0.409 e. The van der Waals surface area contributed by atoms with Crippen LogP contribution in [0.25, 0.3) is 0 Å². The Morgan fingerprint density at radius 3 is 2.39 bits per heavy atom. The number of carbonyl (C=O) groups is 2. The minimum atomic E-state index is -0.363. The fourth-order valence-electron chi connectivity index (χ4n) is 2.89. The maximum absolute atomic E-state index is 13.0. The zero-order valence-corrected chi connectivity index (χ0v) is 15.8. The van der Waals surface area contributed by atoms with E-state index in [0.29, 0.717) is 50.1 Å². The SMILES string of the molecule is CCOC(=O)N1CCN(C(=O)c2cc(Nc3ccc(F)cc3)nc(C)n2)CC1. The summed E-state index contributed by atoms with van der Waals surface area (Å²) in [6, 6.07) is 7.42. The van der Waals surface area contributed by atoms with Crippen molar-refractivity contribution >= 4 is 23.5 Å². The van der Waals surface area contributed by atoms with Gasteiger partial charge in [0.15, 0.2) is 0 Å². The number of anilines is 2. The largest absolute Gasteiger partial charge is 0.450 e. The quantitative estimate of drug-likeness (QED) is 0.868. The molecule has 1 N–H and O–H groups in total. The van der Waals surface area contributed by atoms with Gasteiger partial charge in [0.1, 0.15) is 23.2 Å². The van der Waals surface area contributed by atoms with Gasteiger partial charge in [0.25, 0.3) is 5.91 Å². The van der Waals surface area contributed by atoms with Crippen molar-refractivity contribution in [1.29, 1.82) is 0 Å². The van der Waals surface area contributed by atoms with E-state index in [-0.39, 0.29) is 23.5 Å². The van der Waals surface area contributed by atoms with Crippen molar-refractivity contribution < 1.29 is 18.7 Å². The van der Waals surface area contributed by atoms with Crippen LogP contribution in [0.3, 0.4) is 0 Å². The Bertz CT molecular complexity index is 851. The normalized spacial score (nSPS) is 14.0. The second-order valence-electron chi connectivity index (χ2n) is 6.30. The predicted molar refractivity (Wildman–Crippen MR) is 101 cm³/mol. The molecule has 0 saturated carbocycles. The van der Waals surface area contributed by atoms with Gasteiger partial charge in [-0.3, -0.25) is 4.79 Å². The maximum Gasteiger partial charge on any atom is 0.409 e. The van der Waals surface area contributed by atoms with Crippen LogP contribution in [0.1, 0.15) is 23.2 Å². The average Bonchev–Trinajstić information content (AvgIpc) is 2.69. The first-order valence-corrected chi connectivity index (χ1v) is 9.05.